The number of carbonyl (C=O) groups is 2. The molecule has 0 radical (unpaired) electrons. The van der Waals surface area contributed by atoms with Gasteiger partial charge < -0.3 is 20.2 Å². The van der Waals surface area contributed by atoms with Gasteiger partial charge in [-0.15, -0.1) is 0 Å². The zero-order valence-corrected chi connectivity index (χ0v) is 10.4. The van der Waals surface area contributed by atoms with Crippen molar-refractivity contribution in [3.05, 3.63) is 0 Å². The van der Waals surface area contributed by atoms with Crippen LogP contribution in [0.2, 0.25) is 0 Å². The summed E-state index contributed by atoms with van der Waals surface area (Å²) < 4.78 is 0. The molecule has 1 unspecified atom stereocenters. The summed E-state index contributed by atoms with van der Waals surface area (Å²) in [7, 11) is 3.86. The van der Waals surface area contributed by atoms with Crippen LogP contribution in [-0.4, -0.2) is 66.7 Å². The lowest BCUT2D eigenvalue weighted by Crippen LogP contribution is -2.49. The predicted molar refractivity (Wildman–Crippen MR) is 61.4 cm³/mol. The summed E-state index contributed by atoms with van der Waals surface area (Å²) in [6.45, 7) is 4.76. The minimum atomic E-state index is -1.04. The van der Waals surface area contributed by atoms with Crippen molar-refractivity contribution in [3.63, 3.8) is 0 Å². The first kappa shape index (κ1) is 14.7. The zero-order chi connectivity index (χ0) is 12.7. The van der Waals surface area contributed by atoms with E-state index in [9.17, 15) is 9.59 Å². The van der Waals surface area contributed by atoms with Crippen LogP contribution in [0, 0.1) is 0 Å². The first-order valence-electron chi connectivity index (χ1n) is 5.29. The smallest absolute Gasteiger partial charge is 0.323 e. The van der Waals surface area contributed by atoms with E-state index in [0.29, 0.717) is 6.54 Å². The van der Waals surface area contributed by atoms with E-state index in [1.54, 1.807) is 4.90 Å². The molecule has 0 aliphatic rings. The second-order valence-electron chi connectivity index (χ2n) is 3.95. The van der Waals surface area contributed by atoms with Crippen molar-refractivity contribution in [1.29, 1.82) is 0 Å². The van der Waals surface area contributed by atoms with Crippen LogP contribution in [0.1, 0.15) is 13.8 Å². The van der Waals surface area contributed by atoms with Gasteiger partial charge in [0.05, 0.1) is 0 Å². The van der Waals surface area contributed by atoms with Gasteiger partial charge in [-0.3, -0.25) is 4.79 Å². The van der Waals surface area contributed by atoms with Crippen molar-refractivity contribution in [3.8, 4) is 0 Å². The minimum Gasteiger partial charge on any atom is -0.480 e. The number of hydrogen-bond acceptors (Lipinski definition) is 3. The summed E-state index contributed by atoms with van der Waals surface area (Å²) >= 11 is 0. The number of urea groups is 1. The molecule has 0 aliphatic carbocycles. The molecule has 2 N–H and O–H groups in total. The number of carbonyl (C=O) groups excluding carboxylic acids is 1. The van der Waals surface area contributed by atoms with Gasteiger partial charge in [-0.05, 0) is 27.9 Å². The summed E-state index contributed by atoms with van der Waals surface area (Å²) in [5.74, 6) is -1.04. The van der Waals surface area contributed by atoms with Crippen LogP contribution in [0.5, 0.6) is 0 Å². The molecule has 6 heteroatoms. The molecule has 94 valence electrons. The minimum absolute atomic E-state index is 0.0498. The number of likely N-dealkylation sites (N-methyl/N-ethyl adjacent to an activating group) is 2. The summed E-state index contributed by atoms with van der Waals surface area (Å²) in [5, 5.41) is 10.8. The lowest BCUT2D eigenvalue weighted by molar-refractivity contribution is -0.135. The molecule has 0 fully saturated rings. The SMILES string of the molecule is CCN(C(=O)NCC(=O)O)C(C)CN(C)C. The molecule has 0 saturated carbocycles. The lowest BCUT2D eigenvalue weighted by Gasteiger charge is -2.29. The van der Waals surface area contributed by atoms with Crippen molar-refractivity contribution in [2.45, 2.75) is 19.9 Å². The first-order valence-corrected chi connectivity index (χ1v) is 5.29. The number of hydrogen-bond donors (Lipinski definition) is 2. The lowest BCUT2D eigenvalue weighted by atomic mass is 10.3. The van der Waals surface area contributed by atoms with Crippen molar-refractivity contribution < 1.29 is 14.7 Å². The van der Waals surface area contributed by atoms with E-state index in [4.69, 9.17) is 5.11 Å². The van der Waals surface area contributed by atoms with Gasteiger partial charge in [0.15, 0.2) is 0 Å². The summed E-state index contributed by atoms with van der Waals surface area (Å²) in [5.41, 5.74) is 0. The molecule has 16 heavy (non-hydrogen) atoms. The molecule has 2 amide bonds. The van der Waals surface area contributed by atoms with Gasteiger partial charge in [0.1, 0.15) is 6.54 Å². The second kappa shape index (κ2) is 7.05. The average molecular weight is 231 g/mol. The number of aliphatic carboxylic acids is 1. The highest BCUT2D eigenvalue weighted by Crippen LogP contribution is 2.00. The van der Waals surface area contributed by atoms with E-state index in [1.165, 1.54) is 0 Å². The Labute approximate surface area is 96.2 Å². The zero-order valence-electron chi connectivity index (χ0n) is 10.4. The molecule has 0 aromatic rings. The maximum absolute atomic E-state index is 11.6. The fourth-order valence-electron chi connectivity index (χ4n) is 1.54. The van der Waals surface area contributed by atoms with Crippen LogP contribution in [0.25, 0.3) is 0 Å². The normalized spacial score (nSPS) is 12.3. The maximum Gasteiger partial charge on any atom is 0.323 e. The standard InChI is InChI=1S/C10H21N3O3/c1-5-13(8(2)7-12(3)4)10(16)11-6-9(14)15/h8H,5-7H2,1-4H3,(H,11,16)(H,14,15). The topological polar surface area (TPSA) is 72.9 Å². The Morgan fingerprint density at radius 1 is 1.38 bits per heavy atom. The molecule has 0 aliphatic heterocycles. The van der Waals surface area contributed by atoms with Crippen LogP contribution in [0.4, 0.5) is 4.79 Å². The Hall–Kier alpha value is -1.30. The Kier molecular flexibility index (Phi) is 6.48. The number of carboxylic acid groups (broad SMARTS) is 1. The van der Waals surface area contributed by atoms with E-state index in [2.05, 4.69) is 5.32 Å². The molecule has 0 aromatic carbocycles. The second-order valence-corrected chi connectivity index (χ2v) is 3.95. The van der Waals surface area contributed by atoms with Crippen LogP contribution in [-0.2, 0) is 4.79 Å². The number of amides is 2. The largest absolute Gasteiger partial charge is 0.480 e. The van der Waals surface area contributed by atoms with Gasteiger partial charge in [-0.1, -0.05) is 0 Å². The first-order chi connectivity index (χ1) is 7.38. The van der Waals surface area contributed by atoms with Crippen LogP contribution < -0.4 is 5.32 Å². The summed E-state index contributed by atoms with van der Waals surface area (Å²) in [6, 6.07) is -0.284. The molecule has 0 bridgehead atoms. The van der Waals surface area contributed by atoms with Gasteiger partial charge in [0, 0.05) is 19.1 Å². The average Bonchev–Trinajstić information content (AvgIpc) is 2.14. The quantitative estimate of drug-likeness (QED) is 0.677. The Bertz CT molecular complexity index is 243. The van der Waals surface area contributed by atoms with Crippen molar-refractivity contribution >= 4 is 12.0 Å². The third kappa shape index (κ3) is 5.55. The molecule has 6 nitrogen and oxygen atoms in total. The molecule has 0 aromatic heterocycles. The maximum atomic E-state index is 11.6. The van der Waals surface area contributed by atoms with Gasteiger partial charge in [-0.2, -0.15) is 0 Å². The van der Waals surface area contributed by atoms with Crippen molar-refractivity contribution in [2.75, 3.05) is 33.7 Å². The summed E-state index contributed by atoms with van der Waals surface area (Å²) in [4.78, 5) is 25.6. The fourth-order valence-corrected chi connectivity index (χ4v) is 1.54. The van der Waals surface area contributed by atoms with Gasteiger partial charge in [-0.25, -0.2) is 4.79 Å². The highest BCUT2D eigenvalue weighted by molar-refractivity contribution is 5.80. The van der Waals surface area contributed by atoms with E-state index >= 15 is 0 Å². The third-order valence-corrected chi connectivity index (χ3v) is 2.15. The molecule has 0 spiro atoms. The van der Waals surface area contributed by atoms with E-state index in [0.717, 1.165) is 6.54 Å². The van der Waals surface area contributed by atoms with Crippen LogP contribution >= 0.6 is 0 Å². The van der Waals surface area contributed by atoms with Crippen molar-refractivity contribution in [1.82, 2.24) is 15.1 Å². The fraction of sp³-hybridized carbons (Fsp3) is 0.800. The van der Waals surface area contributed by atoms with Crippen LogP contribution in [0.3, 0.4) is 0 Å². The van der Waals surface area contributed by atoms with Crippen molar-refractivity contribution in [2.24, 2.45) is 0 Å². The molecule has 0 saturated heterocycles. The number of rotatable bonds is 6. The molecular weight excluding hydrogens is 210 g/mol. The number of nitrogens with one attached hydrogen (secondary N) is 1. The monoisotopic (exact) mass is 231 g/mol. The van der Waals surface area contributed by atoms with Gasteiger partial charge in [0.25, 0.3) is 0 Å². The van der Waals surface area contributed by atoms with E-state index in [1.807, 2.05) is 32.8 Å². The highest BCUT2D eigenvalue weighted by atomic mass is 16.4. The Morgan fingerprint density at radius 2 is 1.94 bits per heavy atom. The number of carboxylic acids is 1. The van der Waals surface area contributed by atoms with Gasteiger partial charge in [0.2, 0.25) is 0 Å². The van der Waals surface area contributed by atoms with Crippen LogP contribution in [0.15, 0.2) is 0 Å². The van der Waals surface area contributed by atoms with E-state index in [-0.39, 0.29) is 18.6 Å². The predicted octanol–water partition coefficient (Wildman–Crippen LogP) is 0.0526. The number of nitrogens with zero attached hydrogens (tertiary/aromatic N) is 2. The molecule has 0 heterocycles. The van der Waals surface area contributed by atoms with Gasteiger partial charge >= 0.3 is 12.0 Å². The highest BCUT2D eigenvalue weighted by Gasteiger charge is 2.18. The molecule has 0 rings (SSSR count). The Morgan fingerprint density at radius 3 is 2.31 bits per heavy atom. The summed E-state index contributed by atoms with van der Waals surface area (Å²) in [6.07, 6.45) is 0. The third-order valence-electron chi connectivity index (χ3n) is 2.15. The molecule has 1 atom stereocenters. The Balaban J connectivity index is 4.24. The molecular formula is C10H21N3O3. The van der Waals surface area contributed by atoms with E-state index < -0.39 is 5.97 Å².